The summed E-state index contributed by atoms with van der Waals surface area (Å²) in [5.74, 6) is -0.884. The summed E-state index contributed by atoms with van der Waals surface area (Å²) in [7, 11) is 0. The number of nitrogens with zero attached hydrogens (tertiary/aromatic N) is 1. The van der Waals surface area contributed by atoms with Gasteiger partial charge in [0.25, 0.3) is 5.91 Å². The molecule has 3 rings (SSSR count). The third-order valence-electron chi connectivity index (χ3n) is 4.91. The Balaban J connectivity index is 1.68. The van der Waals surface area contributed by atoms with Crippen molar-refractivity contribution in [3.8, 4) is 0 Å². The molecule has 2 aromatic carbocycles. The number of rotatable bonds is 5. The van der Waals surface area contributed by atoms with Crippen LogP contribution in [0, 0.1) is 0 Å². The summed E-state index contributed by atoms with van der Waals surface area (Å²) in [6.07, 6.45) is 2.35. The minimum Gasteiger partial charge on any atom is -0.480 e. The van der Waals surface area contributed by atoms with E-state index in [9.17, 15) is 14.7 Å². The van der Waals surface area contributed by atoms with Gasteiger partial charge in [0, 0.05) is 18.2 Å². The van der Waals surface area contributed by atoms with Gasteiger partial charge >= 0.3 is 5.97 Å². The van der Waals surface area contributed by atoms with Crippen molar-refractivity contribution in [2.45, 2.75) is 38.3 Å². The van der Waals surface area contributed by atoms with Crippen LogP contribution in [0.2, 0.25) is 0 Å². The molecule has 0 aromatic heterocycles. The van der Waals surface area contributed by atoms with Crippen LogP contribution in [0.5, 0.6) is 0 Å². The number of fused-ring (bicyclic) bond motifs is 1. The summed E-state index contributed by atoms with van der Waals surface area (Å²) >= 11 is 0. The molecule has 1 fully saturated rings. The Bertz CT molecular complexity index is 774. The van der Waals surface area contributed by atoms with Crippen molar-refractivity contribution in [2.24, 2.45) is 0 Å². The average Bonchev–Trinajstić information content (AvgIpc) is 2.62. The van der Waals surface area contributed by atoms with Crippen LogP contribution in [0.3, 0.4) is 0 Å². The Morgan fingerprint density at radius 2 is 2.00 bits per heavy atom. The van der Waals surface area contributed by atoms with Crippen molar-refractivity contribution in [2.75, 3.05) is 13.1 Å². The Labute approximate surface area is 147 Å². The van der Waals surface area contributed by atoms with E-state index in [1.54, 1.807) is 0 Å². The third-order valence-corrected chi connectivity index (χ3v) is 4.91. The van der Waals surface area contributed by atoms with Crippen LogP contribution in [0.15, 0.2) is 42.5 Å². The third kappa shape index (κ3) is 3.99. The molecule has 2 N–H and O–H groups in total. The number of carboxylic acids is 1. The molecule has 0 radical (unpaired) electrons. The molecule has 5 nitrogen and oxygen atoms in total. The SMILES string of the molecule is CC[C@@H](C(=O)O)N1CCC[C@H](NC(=O)c2ccc3ccccc3c2)C1. The lowest BCUT2D eigenvalue weighted by molar-refractivity contribution is -0.144. The second kappa shape index (κ2) is 7.66. The van der Waals surface area contributed by atoms with Gasteiger partial charge in [-0.05, 0) is 48.7 Å². The zero-order valence-corrected chi connectivity index (χ0v) is 14.4. The van der Waals surface area contributed by atoms with E-state index in [0.717, 1.165) is 30.2 Å². The molecule has 1 saturated heterocycles. The molecule has 0 saturated carbocycles. The lowest BCUT2D eigenvalue weighted by atomic mass is 10.0. The molecular formula is C20H24N2O3. The van der Waals surface area contributed by atoms with Crippen LogP contribution in [-0.2, 0) is 4.79 Å². The summed E-state index contributed by atoms with van der Waals surface area (Å²) in [4.78, 5) is 25.9. The van der Waals surface area contributed by atoms with Gasteiger partial charge in [-0.3, -0.25) is 14.5 Å². The molecule has 25 heavy (non-hydrogen) atoms. The van der Waals surface area contributed by atoms with Crippen LogP contribution < -0.4 is 5.32 Å². The smallest absolute Gasteiger partial charge is 0.320 e. The highest BCUT2D eigenvalue weighted by atomic mass is 16.4. The van der Waals surface area contributed by atoms with E-state index in [0.29, 0.717) is 18.5 Å². The van der Waals surface area contributed by atoms with Gasteiger partial charge in [0.15, 0.2) is 0 Å². The van der Waals surface area contributed by atoms with E-state index in [-0.39, 0.29) is 11.9 Å². The number of benzene rings is 2. The number of piperidine rings is 1. The zero-order valence-electron chi connectivity index (χ0n) is 14.4. The molecule has 5 heteroatoms. The highest BCUT2D eigenvalue weighted by molar-refractivity contribution is 5.98. The molecule has 1 amide bonds. The van der Waals surface area contributed by atoms with E-state index in [2.05, 4.69) is 5.32 Å². The van der Waals surface area contributed by atoms with Crippen molar-refractivity contribution < 1.29 is 14.7 Å². The first-order chi connectivity index (χ1) is 12.1. The Kier molecular flexibility index (Phi) is 5.34. The molecule has 132 valence electrons. The van der Waals surface area contributed by atoms with Crippen LogP contribution in [0.4, 0.5) is 0 Å². The van der Waals surface area contributed by atoms with E-state index in [1.165, 1.54) is 0 Å². The Morgan fingerprint density at radius 1 is 1.24 bits per heavy atom. The second-order valence-electron chi connectivity index (χ2n) is 6.63. The predicted molar refractivity (Wildman–Crippen MR) is 97.7 cm³/mol. The van der Waals surface area contributed by atoms with Crippen LogP contribution >= 0.6 is 0 Å². The van der Waals surface area contributed by atoms with Crippen molar-refractivity contribution >= 4 is 22.6 Å². The van der Waals surface area contributed by atoms with E-state index < -0.39 is 12.0 Å². The van der Waals surface area contributed by atoms with E-state index in [1.807, 2.05) is 54.3 Å². The van der Waals surface area contributed by atoms with Crippen molar-refractivity contribution in [1.82, 2.24) is 10.2 Å². The summed E-state index contributed by atoms with van der Waals surface area (Å²) in [6, 6.07) is 13.2. The molecule has 2 atom stereocenters. The fraction of sp³-hybridized carbons (Fsp3) is 0.400. The maximum Gasteiger partial charge on any atom is 0.320 e. The molecular weight excluding hydrogens is 316 g/mol. The average molecular weight is 340 g/mol. The molecule has 1 aliphatic rings. The van der Waals surface area contributed by atoms with Gasteiger partial charge in [-0.25, -0.2) is 0 Å². The van der Waals surface area contributed by atoms with Crippen molar-refractivity contribution in [3.05, 3.63) is 48.0 Å². The number of carbonyl (C=O) groups excluding carboxylic acids is 1. The normalized spacial score (nSPS) is 19.5. The first-order valence-corrected chi connectivity index (χ1v) is 8.85. The van der Waals surface area contributed by atoms with Crippen molar-refractivity contribution in [3.63, 3.8) is 0 Å². The quantitative estimate of drug-likeness (QED) is 0.878. The number of likely N-dealkylation sites (tertiary alicyclic amines) is 1. The highest BCUT2D eigenvalue weighted by Crippen LogP contribution is 2.18. The van der Waals surface area contributed by atoms with Gasteiger partial charge in [0.2, 0.25) is 0 Å². The highest BCUT2D eigenvalue weighted by Gasteiger charge is 2.29. The van der Waals surface area contributed by atoms with Gasteiger partial charge in [-0.15, -0.1) is 0 Å². The van der Waals surface area contributed by atoms with Gasteiger partial charge in [0.05, 0.1) is 0 Å². The molecule has 1 heterocycles. The standard InChI is InChI=1S/C20H24N2O3/c1-2-18(20(24)25)22-11-5-8-17(13-22)21-19(23)16-10-9-14-6-3-4-7-15(14)12-16/h3-4,6-7,9-10,12,17-18H,2,5,8,11,13H2,1H3,(H,21,23)(H,24,25)/t17-,18-/m0/s1. The summed E-state index contributed by atoms with van der Waals surface area (Å²) in [5, 5.41) is 14.6. The number of carbonyl (C=O) groups is 2. The lowest BCUT2D eigenvalue weighted by Gasteiger charge is -2.36. The molecule has 0 spiro atoms. The minimum atomic E-state index is -0.788. The Morgan fingerprint density at radius 3 is 2.72 bits per heavy atom. The first kappa shape index (κ1) is 17.4. The van der Waals surface area contributed by atoms with E-state index >= 15 is 0 Å². The zero-order chi connectivity index (χ0) is 17.8. The van der Waals surface area contributed by atoms with Crippen LogP contribution in [0.1, 0.15) is 36.5 Å². The maximum absolute atomic E-state index is 12.6. The van der Waals surface area contributed by atoms with Crippen molar-refractivity contribution in [1.29, 1.82) is 0 Å². The maximum atomic E-state index is 12.6. The molecule has 0 unspecified atom stereocenters. The number of hydrogen-bond acceptors (Lipinski definition) is 3. The minimum absolute atomic E-state index is 0.0129. The summed E-state index contributed by atoms with van der Waals surface area (Å²) in [6.45, 7) is 3.24. The monoisotopic (exact) mass is 340 g/mol. The topological polar surface area (TPSA) is 69.6 Å². The predicted octanol–water partition coefficient (Wildman–Crippen LogP) is 2.90. The number of nitrogens with one attached hydrogen (secondary N) is 1. The number of hydrogen-bond donors (Lipinski definition) is 2. The molecule has 0 bridgehead atoms. The van der Waals surface area contributed by atoms with Crippen LogP contribution in [-0.4, -0.2) is 47.1 Å². The summed E-state index contributed by atoms with van der Waals surface area (Å²) in [5.41, 5.74) is 0.640. The molecule has 0 aliphatic carbocycles. The fourth-order valence-corrected chi connectivity index (χ4v) is 3.60. The fourth-order valence-electron chi connectivity index (χ4n) is 3.60. The van der Waals surface area contributed by atoms with E-state index in [4.69, 9.17) is 0 Å². The van der Waals surface area contributed by atoms with Gasteiger partial charge in [-0.2, -0.15) is 0 Å². The van der Waals surface area contributed by atoms with Gasteiger partial charge in [0.1, 0.15) is 6.04 Å². The summed E-state index contributed by atoms with van der Waals surface area (Å²) < 4.78 is 0. The number of carboxylic acid groups (broad SMARTS) is 1. The van der Waals surface area contributed by atoms with Gasteiger partial charge in [-0.1, -0.05) is 37.3 Å². The van der Waals surface area contributed by atoms with Gasteiger partial charge < -0.3 is 10.4 Å². The number of amides is 1. The number of aliphatic carboxylic acids is 1. The second-order valence-corrected chi connectivity index (χ2v) is 6.63. The Hall–Kier alpha value is -2.40. The molecule has 1 aliphatic heterocycles. The van der Waals surface area contributed by atoms with Crippen LogP contribution in [0.25, 0.3) is 10.8 Å². The lowest BCUT2D eigenvalue weighted by Crippen LogP contribution is -2.52. The first-order valence-electron chi connectivity index (χ1n) is 8.85. The molecule has 2 aromatic rings. The largest absolute Gasteiger partial charge is 0.480 e.